The topological polar surface area (TPSA) is 86.8 Å². The lowest BCUT2D eigenvalue weighted by Crippen LogP contribution is -2.53. The van der Waals surface area contributed by atoms with Gasteiger partial charge in [-0.25, -0.2) is 8.42 Å². The minimum Gasteiger partial charge on any atom is -0.352 e. The molecule has 0 aliphatic heterocycles. The first-order chi connectivity index (χ1) is 19.4. The number of aryl methyl sites for hydroxylation is 2. The summed E-state index contributed by atoms with van der Waals surface area (Å²) in [7, 11) is -4.14. The molecule has 0 aliphatic rings. The molecule has 0 spiro atoms. The zero-order valence-electron chi connectivity index (χ0n) is 24.0. The number of nitrogens with zero attached hydrogens (tertiary/aromatic N) is 2. The summed E-state index contributed by atoms with van der Waals surface area (Å²) in [6, 6.07) is 17.4. The van der Waals surface area contributed by atoms with Gasteiger partial charge in [0, 0.05) is 22.6 Å². The number of benzene rings is 3. The summed E-state index contributed by atoms with van der Waals surface area (Å²) in [6.45, 7) is 8.80. The van der Waals surface area contributed by atoms with Gasteiger partial charge in [-0.15, -0.1) is 0 Å². The molecule has 0 heterocycles. The quantitative estimate of drug-likeness (QED) is 0.250. The van der Waals surface area contributed by atoms with Crippen molar-refractivity contribution in [1.82, 2.24) is 10.2 Å². The molecule has 0 fully saturated rings. The molecule has 0 aromatic heterocycles. The Balaban J connectivity index is 2.11. The Morgan fingerprint density at radius 3 is 2.22 bits per heavy atom. The van der Waals surface area contributed by atoms with Gasteiger partial charge in [0.2, 0.25) is 11.8 Å². The van der Waals surface area contributed by atoms with Gasteiger partial charge in [0.15, 0.2) is 0 Å². The van der Waals surface area contributed by atoms with Gasteiger partial charge in [-0.2, -0.15) is 0 Å². The van der Waals surface area contributed by atoms with E-state index >= 15 is 0 Å². The van der Waals surface area contributed by atoms with Crippen LogP contribution < -0.4 is 9.62 Å². The Hall–Kier alpha value is -3.07. The van der Waals surface area contributed by atoms with Crippen molar-refractivity contribution in [2.45, 2.75) is 71.0 Å². The van der Waals surface area contributed by atoms with Crippen molar-refractivity contribution in [3.63, 3.8) is 0 Å². The summed E-state index contributed by atoms with van der Waals surface area (Å²) in [4.78, 5) is 29.1. The molecule has 0 radical (unpaired) electrons. The number of carbonyl (C=O) groups is 2. The standard InChI is InChI=1S/C31H37Cl2N3O4S/c1-6-23(5)34-31(38)28(7-2)35(19-24-15-16-25(32)18-27(24)33)30(37)20-36(29-17-21(3)13-14-22(29)4)41(39,40)26-11-9-8-10-12-26/h8-18,23,28H,6-7,19-20H2,1-5H3,(H,34,38)/t23-,28-/m1/s1. The van der Waals surface area contributed by atoms with Crippen molar-refractivity contribution >= 4 is 50.7 Å². The number of hydrogen-bond donors (Lipinski definition) is 1. The van der Waals surface area contributed by atoms with Crippen LogP contribution in [0.2, 0.25) is 10.0 Å². The highest BCUT2D eigenvalue weighted by molar-refractivity contribution is 7.92. The van der Waals surface area contributed by atoms with E-state index in [0.717, 1.165) is 16.3 Å². The molecule has 3 aromatic carbocycles. The molecule has 2 amide bonds. The molecule has 0 saturated carbocycles. The van der Waals surface area contributed by atoms with Crippen LogP contribution in [0.15, 0.2) is 71.6 Å². The first kappa shape index (κ1) is 32.4. The maximum atomic E-state index is 14.2. The predicted octanol–water partition coefficient (Wildman–Crippen LogP) is 6.53. The van der Waals surface area contributed by atoms with E-state index in [-0.39, 0.29) is 23.4 Å². The highest BCUT2D eigenvalue weighted by Gasteiger charge is 2.34. The number of rotatable bonds is 12. The first-order valence-corrected chi connectivity index (χ1v) is 15.8. The zero-order valence-corrected chi connectivity index (χ0v) is 26.4. The Kier molecular flexibility index (Phi) is 11.2. The van der Waals surface area contributed by atoms with Gasteiger partial charge in [-0.3, -0.25) is 13.9 Å². The number of amides is 2. The van der Waals surface area contributed by atoms with E-state index < -0.39 is 28.5 Å². The molecule has 2 atom stereocenters. The van der Waals surface area contributed by atoms with E-state index in [0.29, 0.717) is 33.3 Å². The lowest BCUT2D eigenvalue weighted by atomic mass is 10.1. The SMILES string of the molecule is CC[C@@H](C)NC(=O)[C@@H](CC)N(Cc1ccc(Cl)cc1Cl)C(=O)CN(c1cc(C)ccc1C)S(=O)(=O)c1ccccc1. The number of hydrogen-bond acceptors (Lipinski definition) is 4. The van der Waals surface area contributed by atoms with Crippen LogP contribution in [-0.4, -0.2) is 43.8 Å². The van der Waals surface area contributed by atoms with Crippen LogP contribution in [0, 0.1) is 13.8 Å². The Morgan fingerprint density at radius 1 is 0.927 bits per heavy atom. The van der Waals surface area contributed by atoms with E-state index in [2.05, 4.69) is 5.32 Å². The average molecular weight is 619 g/mol. The fraction of sp³-hybridized carbons (Fsp3) is 0.355. The minimum atomic E-state index is -4.14. The predicted molar refractivity (Wildman–Crippen MR) is 166 cm³/mol. The Bertz CT molecular complexity index is 1480. The smallest absolute Gasteiger partial charge is 0.264 e. The highest BCUT2D eigenvalue weighted by Crippen LogP contribution is 2.29. The largest absolute Gasteiger partial charge is 0.352 e. The van der Waals surface area contributed by atoms with Crippen molar-refractivity contribution < 1.29 is 18.0 Å². The fourth-order valence-electron chi connectivity index (χ4n) is 4.42. The minimum absolute atomic E-state index is 0.00665. The van der Waals surface area contributed by atoms with E-state index in [9.17, 15) is 18.0 Å². The lowest BCUT2D eigenvalue weighted by Gasteiger charge is -2.34. The van der Waals surface area contributed by atoms with Crippen molar-refractivity contribution in [2.24, 2.45) is 0 Å². The van der Waals surface area contributed by atoms with Crippen LogP contribution in [0.5, 0.6) is 0 Å². The molecule has 7 nitrogen and oxygen atoms in total. The Morgan fingerprint density at radius 2 is 1.61 bits per heavy atom. The molecule has 41 heavy (non-hydrogen) atoms. The third kappa shape index (κ3) is 8.03. The second-order valence-corrected chi connectivity index (χ2v) is 12.8. The maximum absolute atomic E-state index is 14.2. The number of halogens is 2. The van der Waals surface area contributed by atoms with E-state index in [1.54, 1.807) is 49.4 Å². The third-order valence-corrected chi connectivity index (χ3v) is 9.35. The van der Waals surface area contributed by atoms with Crippen LogP contribution in [0.3, 0.4) is 0 Å². The zero-order chi connectivity index (χ0) is 30.3. The summed E-state index contributed by atoms with van der Waals surface area (Å²) in [5.74, 6) is -0.855. The molecule has 0 aliphatic carbocycles. The molecule has 0 bridgehead atoms. The molecule has 0 unspecified atom stereocenters. The number of nitrogens with one attached hydrogen (secondary N) is 1. The van der Waals surface area contributed by atoms with Gasteiger partial charge in [0.1, 0.15) is 12.6 Å². The van der Waals surface area contributed by atoms with Gasteiger partial charge in [-0.05, 0) is 80.6 Å². The van der Waals surface area contributed by atoms with E-state index in [1.165, 1.54) is 17.0 Å². The summed E-state index contributed by atoms with van der Waals surface area (Å²) in [5, 5.41) is 3.75. The summed E-state index contributed by atoms with van der Waals surface area (Å²) < 4.78 is 29.1. The maximum Gasteiger partial charge on any atom is 0.264 e. The monoisotopic (exact) mass is 617 g/mol. The van der Waals surface area contributed by atoms with Crippen LogP contribution in [0.1, 0.15) is 50.3 Å². The number of sulfonamides is 1. The molecule has 3 aromatic rings. The molecule has 3 rings (SSSR count). The van der Waals surface area contributed by atoms with Gasteiger partial charge >= 0.3 is 0 Å². The molecular weight excluding hydrogens is 581 g/mol. The Labute approximate surface area is 253 Å². The van der Waals surface area contributed by atoms with Crippen LogP contribution in [0.4, 0.5) is 5.69 Å². The lowest BCUT2D eigenvalue weighted by molar-refractivity contribution is -0.140. The average Bonchev–Trinajstić information content (AvgIpc) is 2.94. The fourth-order valence-corrected chi connectivity index (χ4v) is 6.38. The second-order valence-electron chi connectivity index (χ2n) is 10.1. The number of anilines is 1. The normalized spacial score (nSPS) is 12.9. The van der Waals surface area contributed by atoms with Crippen LogP contribution in [0.25, 0.3) is 0 Å². The number of carbonyl (C=O) groups excluding carboxylic acids is 2. The van der Waals surface area contributed by atoms with Crippen molar-refractivity contribution in [3.05, 3.63) is 93.5 Å². The molecule has 220 valence electrons. The molecular formula is C31H37Cl2N3O4S. The van der Waals surface area contributed by atoms with Gasteiger partial charge in [0.25, 0.3) is 10.0 Å². The molecule has 1 N–H and O–H groups in total. The van der Waals surface area contributed by atoms with Crippen LogP contribution >= 0.6 is 23.2 Å². The molecule has 0 saturated heterocycles. The van der Waals surface area contributed by atoms with Crippen molar-refractivity contribution in [3.8, 4) is 0 Å². The molecule has 10 heteroatoms. The second kappa shape index (κ2) is 14.2. The van der Waals surface area contributed by atoms with Crippen LogP contribution in [-0.2, 0) is 26.2 Å². The summed E-state index contributed by atoms with van der Waals surface area (Å²) >= 11 is 12.6. The highest BCUT2D eigenvalue weighted by atomic mass is 35.5. The van der Waals surface area contributed by atoms with Crippen molar-refractivity contribution in [1.29, 1.82) is 0 Å². The van der Waals surface area contributed by atoms with Gasteiger partial charge in [-0.1, -0.05) is 73.4 Å². The summed E-state index contributed by atoms with van der Waals surface area (Å²) in [5.41, 5.74) is 2.51. The van der Waals surface area contributed by atoms with Crippen molar-refractivity contribution in [2.75, 3.05) is 10.8 Å². The summed E-state index contributed by atoms with van der Waals surface area (Å²) in [6.07, 6.45) is 1.03. The first-order valence-electron chi connectivity index (χ1n) is 13.6. The third-order valence-electron chi connectivity index (χ3n) is 6.99. The van der Waals surface area contributed by atoms with Gasteiger partial charge in [0.05, 0.1) is 10.6 Å². The van der Waals surface area contributed by atoms with E-state index in [1.807, 2.05) is 39.8 Å². The van der Waals surface area contributed by atoms with Gasteiger partial charge < -0.3 is 10.2 Å². The van der Waals surface area contributed by atoms with E-state index in [4.69, 9.17) is 23.2 Å².